The van der Waals surface area contributed by atoms with Gasteiger partial charge in [0, 0.05) is 0 Å². The molecule has 3 aromatic carbocycles. The fraction of sp³-hybridized carbons (Fsp3) is 0.235. The molecule has 1 aromatic heterocycles. The van der Waals surface area contributed by atoms with Crippen LogP contribution >= 0.6 is 0 Å². The molecule has 0 bridgehead atoms. The number of furan rings is 1. The standard InChI is InChI=1S/C34H31NO10/c1-2-40-34(39)35-20-25-18-19-26(42-25)28-30(45-33(38)24-16-10-5-11-17-24)29(44-32(37)23-14-8-4-9-15-23)27(43-28)21-41-31(36)22-12-6-3-7-13-22/h3-19,27-30H,2,20-21H2,1H3,(H,35,39)/t27-,28+,29-,30+/m1/s1. The molecule has 0 unspecified atom stereocenters. The minimum atomic E-state index is -1.21. The molecule has 0 saturated carbocycles. The van der Waals surface area contributed by atoms with Crippen molar-refractivity contribution in [2.45, 2.75) is 37.9 Å². The first-order valence-corrected chi connectivity index (χ1v) is 14.3. The highest BCUT2D eigenvalue weighted by Gasteiger charge is 2.52. The lowest BCUT2D eigenvalue weighted by Gasteiger charge is -2.24. The summed E-state index contributed by atoms with van der Waals surface area (Å²) in [6, 6.07) is 28.2. The van der Waals surface area contributed by atoms with Crippen molar-refractivity contribution in [2.24, 2.45) is 0 Å². The number of carbonyl (C=O) groups is 4. The van der Waals surface area contributed by atoms with Gasteiger partial charge in [0.1, 0.15) is 24.2 Å². The van der Waals surface area contributed by atoms with Crippen LogP contribution in [0.25, 0.3) is 0 Å². The van der Waals surface area contributed by atoms with Crippen molar-refractivity contribution in [3.63, 3.8) is 0 Å². The lowest BCUT2D eigenvalue weighted by molar-refractivity contribution is -0.0463. The fourth-order valence-corrected chi connectivity index (χ4v) is 4.69. The van der Waals surface area contributed by atoms with E-state index in [-0.39, 0.29) is 36.6 Å². The minimum Gasteiger partial charge on any atom is -0.461 e. The maximum Gasteiger partial charge on any atom is 0.407 e. The first-order chi connectivity index (χ1) is 21.9. The molecule has 0 spiro atoms. The average Bonchev–Trinajstić information content (AvgIpc) is 3.68. The first-order valence-electron chi connectivity index (χ1n) is 14.3. The Hall–Kier alpha value is -5.42. The smallest absolute Gasteiger partial charge is 0.407 e. The van der Waals surface area contributed by atoms with E-state index in [1.54, 1.807) is 110 Å². The lowest BCUT2D eigenvalue weighted by atomic mass is 10.1. The van der Waals surface area contributed by atoms with Crippen molar-refractivity contribution in [1.29, 1.82) is 0 Å². The highest BCUT2D eigenvalue weighted by atomic mass is 16.7. The summed E-state index contributed by atoms with van der Waals surface area (Å²) >= 11 is 0. The predicted molar refractivity (Wildman–Crippen MR) is 158 cm³/mol. The van der Waals surface area contributed by atoms with Gasteiger partial charge in [-0.25, -0.2) is 19.2 Å². The van der Waals surface area contributed by atoms with Gasteiger partial charge in [-0.15, -0.1) is 0 Å². The molecule has 1 amide bonds. The van der Waals surface area contributed by atoms with E-state index in [9.17, 15) is 19.2 Å². The molecule has 4 atom stereocenters. The van der Waals surface area contributed by atoms with Crippen LogP contribution < -0.4 is 5.32 Å². The van der Waals surface area contributed by atoms with Gasteiger partial charge in [0.2, 0.25) is 0 Å². The molecule has 232 valence electrons. The Labute approximate surface area is 259 Å². The second kappa shape index (κ2) is 14.8. The number of hydrogen-bond donors (Lipinski definition) is 1. The number of esters is 3. The van der Waals surface area contributed by atoms with Crippen molar-refractivity contribution < 1.29 is 47.3 Å². The number of rotatable bonds is 11. The van der Waals surface area contributed by atoms with Gasteiger partial charge in [0.05, 0.1) is 29.8 Å². The van der Waals surface area contributed by atoms with Gasteiger partial charge in [-0.3, -0.25) is 0 Å². The zero-order valence-electron chi connectivity index (χ0n) is 24.3. The van der Waals surface area contributed by atoms with Crippen molar-refractivity contribution in [3.05, 3.63) is 131 Å². The summed E-state index contributed by atoms with van der Waals surface area (Å²) < 4.78 is 34.5. The summed E-state index contributed by atoms with van der Waals surface area (Å²) in [6.45, 7) is 1.59. The molecule has 11 heteroatoms. The Kier molecular flexibility index (Phi) is 10.2. The summed E-state index contributed by atoms with van der Waals surface area (Å²) in [5.41, 5.74) is 0.850. The summed E-state index contributed by atoms with van der Waals surface area (Å²) in [5.74, 6) is -1.39. The van der Waals surface area contributed by atoms with Crippen molar-refractivity contribution in [2.75, 3.05) is 13.2 Å². The Morgan fingerprint density at radius 2 is 1.20 bits per heavy atom. The molecule has 5 rings (SSSR count). The summed E-state index contributed by atoms with van der Waals surface area (Å²) in [5, 5.41) is 2.57. The fourth-order valence-electron chi connectivity index (χ4n) is 4.69. The van der Waals surface area contributed by atoms with Gasteiger partial charge in [0.25, 0.3) is 0 Å². The Morgan fingerprint density at radius 3 is 1.76 bits per heavy atom. The molecule has 1 saturated heterocycles. The molecule has 2 heterocycles. The molecule has 0 aliphatic carbocycles. The molecule has 1 N–H and O–H groups in total. The van der Waals surface area contributed by atoms with E-state index in [2.05, 4.69) is 5.32 Å². The van der Waals surface area contributed by atoms with E-state index in [0.717, 1.165) is 0 Å². The minimum absolute atomic E-state index is 0.0184. The van der Waals surface area contributed by atoms with Gasteiger partial charge in [-0.2, -0.15) is 0 Å². The maximum absolute atomic E-state index is 13.3. The third-order valence-corrected chi connectivity index (χ3v) is 6.85. The van der Waals surface area contributed by atoms with Crippen LogP contribution in [0.4, 0.5) is 4.79 Å². The largest absolute Gasteiger partial charge is 0.461 e. The van der Waals surface area contributed by atoms with Gasteiger partial charge in [-0.05, 0) is 55.5 Å². The van der Waals surface area contributed by atoms with Crippen LogP contribution in [0.3, 0.4) is 0 Å². The number of ether oxygens (including phenoxy) is 5. The topological polar surface area (TPSA) is 140 Å². The maximum atomic E-state index is 13.3. The van der Waals surface area contributed by atoms with Gasteiger partial charge in [-0.1, -0.05) is 54.6 Å². The molecule has 1 aliphatic heterocycles. The number of benzene rings is 3. The number of nitrogens with one attached hydrogen (secondary N) is 1. The van der Waals surface area contributed by atoms with Gasteiger partial charge >= 0.3 is 24.0 Å². The highest BCUT2D eigenvalue weighted by molar-refractivity contribution is 5.91. The van der Waals surface area contributed by atoms with Crippen LogP contribution in [0.5, 0.6) is 0 Å². The van der Waals surface area contributed by atoms with E-state index >= 15 is 0 Å². The number of alkyl carbamates (subject to hydrolysis) is 1. The average molecular weight is 614 g/mol. The summed E-state index contributed by atoms with van der Waals surface area (Å²) in [4.78, 5) is 51.1. The Balaban J connectivity index is 1.44. The van der Waals surface area contributed by atoms with Crippen LogP contribution in [0.2, 0.25) is 0 Å². The van der Waals surface area contributed by atoms with E-state index in [0.29, 0.717) is 11.3 Å². The lowest BCUT2D eigenvalue weighted by Crippen LogP contribution is -2.40. The molecule has 1 fully saturated rings. The highest BCUT2D eigenvalue weighted by Crippen LogP contribution is 2.39. The third kappa shape index (κ3) is 7.95. The number of hydrogen-bond acceptors (Lipinski definition) is 10. The summed E-state index contributed by atoms with van der Waals surface area (Å²) in [7, 11) is 0. The van der Waals surface area contributed by atoms with Crippen molar-refractivity contribution in [3.8, 4) is 0 Å². The third-order valence-electron chi connectivity index (χ3n) is 6.85. The zero-order valence-corrected chi connectivity index (χ0v) is 24.3. The molecule has 45 heavy (non-hydrogen) atoms. The Morgan fingerprint density at radius 1 is 0.667 bits per heavy atom. The first kappa shape index (κ1) is 31.0. The van der Waals surface area contributed by atoms with Crippen LogP contribution in [0, 0.1) is 0 Å². The van der Waals surface area contributed by atoms with Crippen LogP contribution in [0.1, 0.15) is 55.6 Å². The van der Waals surface area contributed by atoms with E-state index in [4.69, 9.17) is 28.1 Å². The zero-order chi connectivity index (χ0) is 31.6. The van der Waals surface area contributed by atoms with E-state index < -0.39 is 48.4 Å². The summed E-state index contributed by atoms with van der Waals surface area (Å²) in [6.07, 6.45) is -5.14. The normalized spacial score (nSPS) is 18.9. The second-order valence-electron chi connectivity index (χ2n) is 9.91. The monoisotopic (exact) mass is 613 g/mol. The van der Waals surface area contributed by atoms with Crippen LogP contribution in [0.15, 0.2) is 108 Å². The molecular weight excluding hydrogens is 582 g/mol. The molecule has 11 nitrogen and oxygen atoms in total. The van der Waals surface area contributed by atoms with Crippen molar-refractivity contribution in [1.82, 2.24) is 5.32 Å². The number of amides is 1. The van der Waals surface area contributed by atoms with Crippen molar-refractivity contribution >= 4 is 24.0 Å². The van der Waals surface area contributed by atoms with E-state index in [1.807, 2.05) is 0 Å². The SMILES string of the molecule is CCOC(=O)NCc1ccc([C@@H]2O[C@H](COC(=O)c3ccccc3)[C@@H](OC(=O)c3ccccc3)[C@H]2OC(=O)c2ccccc2)o1. The number of carbonyl (C=O) groups excluding carboxylic acids is 4. The van der Waals surface area contributed by atoms with Crippen LogP contribution in [-0.4, -0.2) is 55.5 Å². The van der Waals surface area contributed by atoms with Crippen LogP contribution in [-0.2, 0) is 30.2 Å². The van der Waals surface area contributed by atoms with E-state index in [1.165, 1.54) is 0 Å². The molecular formula is C34H31NO10. The quantitative estimate of drug-likeness (QED) is 0.176. The second-order valence-corrected chi connectivity index (χ2v) is 9.91. The predicted octanol–water partition coefficient (Wildman–Crippen LogP) is 5.27. The van der Waals surface area contributed by atoms with Gasteiger partial charge < -0.3 is 33.4 Å². The Bertz CT molecular complexity index is 1590. The molecule has 1 aliphatic rings. The molecule has 0 radical (unpaired) electrons. The van der Waals surface area contributed by atoms with Gasteiger partial charge in [0.15, 0.2) is 18.3 Å². The molecule has 4 aromatic rings.